The first-order valence-corrected chi connectivity index (χ1v) is 14.9. The highest BCUT2D eigenvalue weighted by Crippen LogP contribution is 2.29. The van der Waals surface area contributed by atoms with Gasteiger partial charge in [-0.15, -0.1) is 0 Å². The van der Waals surface area contributed by atoms with Crippen LogP contribution in [0.3, 0.4) is 0 Å². The van der Waals surface area contributed by atoms with E-state index in [9.17, 15) is 4.79 Å². The van der Waals surface area contributed by atoms with Crippen LogP contribution in [0.1, 0.15) is 40.2 Å². The molecule has 1 aliphatic rings. The summed E-state index contributed by atoms with van der Waals surface area (Å²) >= 11 is 0. The van der Waals surface area contributed by atoms with Gasteiger partial charge in [0.15, 0.2) is 0 Å². The number of rotatable bonds is 18. The second-order valence-corrected chi connectivity index (χ2v) is 10.2. The van der Waals surface area contributed by atoms with E-state index in [1.54, 1.807) is 26.4 Å². The number of hydrogen-bond acceptors (Lipinski definition) is 8. The average molecular weight is 593 g/mol. The molecule has 1 saturated heterocycles. The predicted molar refractivity (Wildman–Crippen MR) is 165 cm³/mol. The van der Waals surface area contributed by atoms with E-state index in [1.807, 2.05) is 48.5 Å². The molecule has 1 fully saturated rings. The average Bonchev–Trinajstić information content (AvgIpc) is 3.05. The Bertz CT molecular complexity index is 1240. The van der Waals surface area contributed by atoms with E-state index < -0.39 is 0 Å². The second-order valence-electron chi connectivity index (χ2n) is 10.2. The summed E-state index contributed by atoms with van der Waals surface area (Å²) < 4.78 is 34.3. The molecule has 232 valence electrons. The molecular weight excluding hydrogens is 548 g/mol. The molecule has 9 nitrogen and oxygen atoms in total. The summed E-state index contributed by atoms with van der Waals surface area (Å²) in [6, 6.07) is 23.4. The van der Waals surface area contributed by atoms with Crippen LogP contribution in [0.2, 0.25) is 0 Å². The number of nitrogens with one attached hydrogen (secondary N) is 2. The van der Waals surface area contributed by atoms with Gasteiger partial charge >= 0.3 is 0 Å². The summed E-state index contributed by atoms with van der Waals surface area (Å²) in [5, 5.41) is 6.28. The molecule has 0 bridgehead atoms. The number of piperidine rings is 1. The Morgan fingerprint density at radius 2 is 1.65 bits per heavy atom. The summed E-state index contributed by atoms with van der Waals surface area (Å²) in [6.07, 6.45) is 1.81. The third-order valence-electron chi connectivity index (χ3n) is 7.28. The van der Waals surface area contributed by atoms with Crippen LogP contribution in [0, 0.1) is 0 Å². The zero-order chi connectivity index (χ0) is 30.1. The lowest BCUT2D eigenvalue weighted by Gasteiger charge is -2.32. The number of benzene rings is 3. The quantitative estimate of drug-likeness (QED) is 0.207. The molecule has 0 saturated carbocycles. The highest BCUT2D eigenvalue weighted by Gasteiger charge is 2.27. The normalized spacial score (nSPS) is 16.4. The van der Waals surface area contributed by atoms with Crippen molar-refractivity contribution in [2.24, 2.45) is 0 Å². The van der Waals surface area contributed by atoms with Gasteiger partial charge in [-0.25, -0.2) is 0 Å². The lowest BCUT2D eigenvalue weighted by molar-refractivity contribution is 0.00720. The van der Waals surface area contributed by atoms with Crippen LogP contribution in [-0.4, -0.2) is 78.9 Å². The van der Waals surface area contributed by atoms with Crippen LogP contribution >= 0.6 is 0 Å². The van der Waals surface area contributed by atoms with Crippen LogP contribution < -0.4 is 24.8 Å². The van der Waals surface area contributed by atoms with Gasteiger partial charge in [-0.05, 0) is 48.9 Å². The second kappa shape index (κ2) is 18.1. The number of amides is 1. The molecule has 0 unspecified atom stereocenters. The van der Waals surface area contributed by atoms with Crippen molar-refractivity contribution in [2.75, 3.05) is 66.9 Å². The fourth-order valence-electron chi connectivity index (χ4n) is 5.05. The van der Waals surface area contributed by atoms with E-state index in [-0.39, 0.29) is 17.9 Å². The van der Waals surface area contributed by atoms with Crippen LogP contribution in [0.25, 0.3) is 0 Å². The maximum Gasteiger partial charge on any atom is 0.255 e. The smallest absolute Gasteiger partial charge is 0.255 e. The maximum absolute atomic E-state index is 12.5. The molecule has 1 amide bonds. The minimum absolute atomic E-state index is 0.0251. The number of ether oxygens (including phenoxy) is 6. The van der Waals surface area contributed by atoms with Gasteiger partial charge in [0.2, 0.25) is 0 Å². The molecule has 0 spiro atoms. The SMILES string of the molecule is COCCNC(=O)c1ccccc1OCCO[C@H]1CNCC[C@@H]1c1ccc(OCCCOCc2ccccc2OC)cc1. The molecule has 2 atom stereocenters. The number of carbonyl (C=O) groups is 1. The Labute approximate surface area is 254 Å². The first-order valence-electron chi connectivity index (χ1n) is 14.9. The van der Waals surface area contributed by atoms with Crippen molar-refractivity contribution in [3.63, 3.8) is 0 Å². The molecule has 3 aromatic rings. The number of methoxy groups -OCH3 is 2. The van der Waals surface area contributed by atoms with Gasteiger partial charge < -0.3 is 39.1 Å². The number of para-hydroxylation sites is 2. The summed E-state index contributed by atoms with van der Waals surface area (Å²) in [4.78, 5) is 12.5. The van der Waals surface area contributed by atoms with Crippen LogP contribution in [-0.2, 0) is 20.8 Å². The Kier molecular flexibility index (Phi) is 13.6. The van der Waals surface area contributed by atoms with Gasteiger partial charge in [0, 0.05) is 38.1 Å². The molecule has 9 heteroatoms. The number of hydrogen-bond donors (Lipinski definition) is 2. The van der Waals surface area contributed by atoms with Crippen LogP contribution in [0.4, 0.5) is 0 Å². The first-order chi connectivity index (χ1) is 21.2. The highest BCUT2D eigenvalue weighted by molar-refractivity contribution is 5.96. The third-order valence-corrected chi connectivity index (χ3v) is 7.28. The van der Waals surface area contributed by atoms with Gasteiger partial charge in [-0.2, -0.15) is 0 Å². The molecule has 0 radical (unpaired) electrons. The minimum atomic E-state index is -0.185. The maximum atomic E-state index is 12.5. The Morgan fingerprint density at radius 1 is 0.860 bits per heavy atom. The fourth-order valence-corrected chi connectivity index (χ4v) is 5.05. The first kappa shape index (κ1) is 32.3. The molecule has 1 aliphatic heterocycles. The molecule has 43 heavy (non-hydrogen) atoms. The van der Waals surface area contributed by atoms with E-state index in [1.165, 1.54) is 5.56 Å². The van der Waals surface area contributed by atoms with Crippen molar-refractivity contribution in [1.29, 1.82) is 0 Å². The van der Waals surface area contributed by atoms with Crippen molar-refractivity contribution in [1.82, 2.24) is 10.6 Å². The van der Waals surface area contributed by atoms with Crippen molar-refractivity contribution in [3.05, 3.63) is 89.5 Å². The summed E-state index contributed by atoms with van der Waals surface area (Å²) in [5.41, 5.74) is 2.77. The molecule has 4 rings (SSSR count). The van der Waals surface area contributed by atoms with E-state index in [4.69, 9.17) is 28.4 Å². The molecule has 0 aliphatic carbocycles. The van der Waals surface area contributed by atoms with E-state index in [0.717, 1.165) is 43.0 Å². The molecular formula is C34H44N2O7. The Hall–Kier alpha value is -3.63. The summed E-state index contributed by atoms with van der Waals surface area (Å²) in [6.45, 7) is 5.10. The lowest BCUT2D eigenvalue weighted by Crippen LogP contribution is -2.41. The van der Waals surface area contributed by atoms with E-state index in [2.05, 4.69) is 22.8 Å². The van der Waals surface area contributed by atoms with Crippen molar-refractivity contribution >= 4 is 5.91 Å². The highest BCUT2D eigenvalue weighted by atomic mass is 16.5. The lowest BCUT2D eigenvalue weighted by atomic mass is 9.88. The third kappa shape index (κ3) is 10.2. The van der Waals surface area contributed by atoms with Gasteiger partial charge in [0.05, 0.1) is 51.8 Å². The molecule has 2 N–H and O–H groups in total. The fraction of sp³-hybridized carbons (Fsp3) is 0.441. The molecule has 3 aromatic carbocycles. The molecule has 1 heterocycles. The minimum Gasteiger partial charge on any atom is -0.496 e. The van der Waals surface area contributed by atoms with Crippen LogP contribution in [0.15, 0.2) is 72.8 Å². The van der Waals surface area contributed by atoms with Crippen LogP contribution in [0.5, 0.6) is 17.2 Å². The topological polar surface area (TPSA) is 96.5 Å². The van der Waals surface area contributed by atoms with Crippen molar-refractivity contribution in [3.8, 4) is 17.2 Å². The monoisotopic (exact) mass is 592 g/mol. The van der Waals surface area contributed by atoms with Gasteiger partial charge in [0.25, 0.3) is 5.91 Å². The zero-order valence-electron chi connectivity index (χ0n) is 25.2. The van der Waals surface area contributed by atoms with Gasteiger partial charge in [-0.1, -0.05) is 42.5 Å². The predicted octanol–water partition coefficient (Wildman–Crippen LogP) is 4.60. The van der Waals surface area contributed by atoms with Crippen molar-refractivity contribution < 1.29 is 33.2 Å². The van der Waals surface area contributed by atoms with Crippen molar-refractivity contribution in [2.45, 2.75) is 31.5 Å². The summed E-state index contributed by atoms with van der Waals surface area (Å²) in [7, 11) is 3.27. The van der Waals surface area contributed by atoms with E-state index in [0.29, 0.717) is 57.5 Å². The Morgan fingerprint density at radius 3 is 2.47 bits per heavy atom. The number of carbonyl (C=O) groups excluding carboxylic acids is 1. The zero-order valence-corrected chi connectivity index (χ0v) is 25.2. The largest absolute Gasteiger partial charge is 0.496 e. The Balaban J connectivity index is 1.18. The molecule has 0 aromatic heterocycles. The standard InChI is InChI=1S/C34H44N2O7/c1-38-21-18-36-34(37)30-9-4-6-11-32(30)42-22-23-43-33-24-35-17-16-29(33)26-12-14-28(15-13-26)41-20-7-19-40-25-27-8-3-5-10-31(27)39-2/h3-6,8-15,29,33,35H,7,16-25H2,1-2H3,(H,36,37)/t29-,33+/m1/s1. The summed E-state index contributed by atoms with van der Waals surface area (Å²) in [5.74, 6) is 2.32. The van der Waals surface area contributed by atoms with Gasteiger partial charge in [0.1, 0.15) is 23.9 Å². The van der Waals surface area contributed by atoms with E-state index >= 15 is 0 Å². The van der Waals surface area contributed by atoms with Gasteiger partial charge in [-0.3, -0.25) is 4.79 Å².